The van der Waals surface area contributed by atoms with Crippen LogP contribution in [0.25, 0.3) is 11.4 Å². The Morgan fingerprint density at radius 3 is 2.57 bits per heavy atom. The van der Waals surface area contributed by atoms with Crippen LogP contribution in [0, 0.1) is 0 Å². The Bertz CT molecular complexity index is 590. The van der Waals surface area contributed by atoms with Crippen LogP contribution in [0.3, 0.4) is 0 Å². The number of anilines is 1. The zero-order chi connectivity index (χ0) is 15.1. The first-order chi connectivity index (χ1) is 10.3. The molecule has 1 aromatic carbocycles. The van der Waals surface area contributed by atoms with Crippen LogP contribution in [-0.2, 0) is 0 Å². The molecule has 0 bridgehead atoms. The molecular weight excluding hydrogens is 268 g/mol. The molecule has 0 spiro atoms. The predicted octanol–water partition coefficient (Wildman–Crippen LogP) is 2.77. The highest BCUT2D eigenvalue weighted by Gasteiger charge is 2.12. The number of benzene rings is 1. The maximum atomic E-state index is 5.75. The Morgan fingerprint density at radius 2 is 1.86 bits per heavy atom. The third kappa shape index (κ3) is 3.81. The normalized spacial score (nSPS) is 10.2. The van der Waals surface area contributed by atoms with Gasteiger partial charge in [-0.15, -0.1) is 0 Å². The van der Waals surface area contributed by atoms with E-state index in [-0.39, 0.29) is 0 Å². The van der Waals surface area contributed by atoms with Gasteiger partial charge in [-0.3, -0.25) is 0 Å². The Labute approximate surface area is 124 Å². The van der Waals surface area contributed by atoms with Crippen LogP contribution in [0.1, 0.15) is 20.3 Å². The second-order valence-corrected chi connectivity index (χ2v) is 4.29. The van der Waals surface area contributed by atoms with Gasteiger partial charge in [0.1, 0.15) is 5.75 Å². The zero-order valence-electron chi connectivity index (χ0n) is 12.6. The number of nitrogens with one attached hydrogen (secondary N) is 1. The first kappa shape index (κ1) is 15.0. The topological polar surface area (TPSA) is 69.2 Å². The summed E-state index contributed by atoms with van der Waals surface area (Å²) in [5.41, 5.74) is 0.825. The number of hydrogen-bond donors (Lipinski definition) is 1. The van der Waals surface area contributed by atoms with Crippen LogP contribution in [0.4, 0.5) is 5.95 Å². The van der Waals surface area contributed by atoms with Crippen LogP contribution in [0.5, 0.6) is 11.8 Å². The Balaban J connectivity index is 2.42. The van der Waals surface area contributed by atoms with E-state index >= 15 is 0 Å². The second-order valence-electron chi connectivity index (χ2n) is 4.29. The van der Waals surface area contributed by atoms with Gasteiger partial charge in [-0.25, -0.2) is 0 Å². The second kappa shape index (κ2) is 7.42. The van der Waals surface area contributed by atoms with Gasteiger partial charge in [0.2, 0.25) is 5.95 Å². The lowest BCUT2D eigenvalue weighted by Crippen LogP contribution is -2.06. The summed E-state index contributed by atoms with van der Waals surface area (Å²) >= 11 is 0. The van der Waals surface area contributed by atoms with Crippen molar-refractivity contribution in [2.75, 3.05) is 25.6 Å². The van der Waals surface area contributed by atoms with E-state index < -0.39 is 0 Å². The van der Waals surface area contributed by atoms with Crippen molar-refractivity contribution < 1.29 is 9.47 Å². The van der Waals surface area contributed by atoms with Crippen molar-refractivity contribution in [3.63, 3.8) is 0 Å². The van der Waals surface area contributed by atoms with E-state index in [0.29, 0.717) is 31.0 Å². The molecular formula is C15H20N4O2. The van der Waals surface area contributed by atoms with E-state index in [1.807, 2.05) is 31.2 Å². The lowest BCUT2D eigenvalue weighted by molar-refractivity contribution is 0.311. The molecule has 0 saturated carbocycles. The molecule has 0 atom stereocenters. The molecule has 0 unspecified atom stereocenters. The van der Waals surface area contributed by atoms with Gasteiger partial charge in [-0.05, 0) is 25.5 Å². The average molecular weight is 288 g/mol. The van der Waals surface area contributed by atoms with Crippen LogP contribution in [-0.4, -0.2) is 35.2 Å². The fourth-order valence-corrected chi connectivity index (χ4v) is 1.77. The Kier molecular flexibility index (Phi) is 5.31. The van der Waals surface area contributed by atoms with Crippen molar-refractivity contribution >= 4 is 5.95 Å². The summed E-state index contributed by atoms with van der Waals surface area (Å²) < 4.78 is 11.1. The molecule has 0 aliphatic carbocycles. The molecule has 6 heteroatoms. The first-order valence-corrected chi connectivity index (χ1v) is 7.07. The molecule has 21 heavy (non-hydrogen) atoms. The summed E-state index contributed by atoms with van der Waals surface area (Å²) in [6, 6.07) is 8.00. The highest BCUT2D eigenvalue weighted by atomic mass is 16.5. The molecule has 1 N–H and O–H groups in total. The van der Waals surface area contributed by atoms with Crippen molar-refractivity contribution in [1.29, 1.82) is 0 Å². The summed E-state index contributed by atoms with van der Waals surface area (Å²) in [7, 11) is 1.76. The van der Waals surface area contributed by atoms with Gasteiger partial charge in [0.25, 0.3) is 0 Å². The number of ether oxygens (including phenoxy) is 2. The minimum absolute atomic E-state index is 0.303. The third-order valence-electron chi connectivity index (χ3n) is 2.70. The third-order valence-corrected chi connectivity index (χ3v) is 2.70. The van der Waals surface area contributed by atoms with E-state index in [2.05, 4.69) is 27.2 Å². The van der Waals surface area contributed by atoms with Gasteiger partial charge in [-0.2, -0.15) is 15.0 Å². The van der Waals surface area contributed by atoms with E-state index in [9.17, 15) is 0 Å². The molecule has 2 rings (SSSR count). The van der Waals surface area contributed by atoms with Gasteiger partial charge in [0, 0.05) is 7.05 Å². The van der Waals surface area contributed by atoms with Gasteiger partial charge in [-0.1, -0.05) is 19.1 Å². The lowest BCUT2D eigenvalue weighted by atomic mass is 10.2. The number of nitrogens with zero attached hydrogens (tertiary/aromatic N) is 3. The quantitative estimate of drug-likeness (QED) is 0.845. The van der Waals surface area contributed by atoms with E-state index in [4.69, 9.17) is 9.47 Å². The van der Waals surface area contributed by atoms with E-state index in [1.54, 1.807) is 7.05 Å². The lowest BCUT2D eigenvalue weighted by Gasteiger charge is -2.11. The van der Waals surface area contributed by atoms with E-state index in [1.165, 1.54) is 0 Å². The number of aromatic nitrogens is 3. The molecule has 1 heterocycles. The first-order valence-electron chi connectivity index (χ1n) is 7.07. The number of hydrogen-bond acceptors (Lipinski definition) is 6. The molecule has 0 radical (unpaired) electrons. The molecule has 0 aliphatic rings. The van der Waals surface area contributed by atoms with E-state index in [0.717, 1.165) is 17.7 Å². The van der Waals surface area contributed by atoms with Crippen LogP contribution < -0.4 is 14.8 Å². The molecule has 6 nitrogen and oxygen atoms in total. The molecule has 0 aliphatic heterocycles. The minimum atomic E-state index is 0.303. The van der Waals surface area contributed by atoms with Crippen molar-refractivity contribution in [2.45, 2.75) is 20.3 Å². The maximum Gasteiger partial charge on any atom is 0.321 e. The molecule has 0 saturated heterocycles. The largest absolute Gasteiger partial charge is 0.493 e. The molecule has 112 valence electrons. The molecule has 0 fully saturated rings. The van der Waals surface area contributed by atoms with Crippen LogP contribution in [0.15, 0.2) is 24.3 Å². The van der Waals surface area contributed by atoms with Crippen molar-refractivity contribution in [1.82, 2.24) is 15.0 Å². The number of rotatable bonds is 7. The van der Waals surface area contributed by atoms with Crippen molar-refractivity contribution in [3.05, 3.63) is 24.3 Å². The fourth-order valence-electron chi connectivity index (χ4n) is 1.77. The van der Waals surface area contributed by atoms with Crippen molar-refractivity contribution in [2.24, 2.45) is 0 Å². The minimum Gasteiger partial charge on any atom is -0.493 e. The standard InChI is InChI=1S/C15H20N4O2/c1-4-10-21-12-9-7-6-8-11(12)13-17-14(16-3)19-15(18-13)20-5-2/h6-9H,4-5,10H2,1-3H3,(H,16,17,18,19). The van der Waals surface area contributed by atoms with Crippen molar-refractivity contribution in [3.8, 4) is 23.1 Å². The fraction of sp³-hybridized carbons (Fsp3) is 0.400. The monoisotopic (exact) mass is 288 g/mol. The summed E-state index contributed by atoms with van der Waals surface area (Å²) in [6.45, 7) is 5.11. The average Bonchev–Trinajstić information content (AvgIpc) is 2.53. The van der Waals surface area contributed by atoms with Gasteiger partial charge >= 0.3 is 6.01 Å². The zero-order valence-corrected chi connectivity index (χ0v) is 12.6. The summed E-state index contributed by atoms with van der Waals surface area (Å²) in [6.07, 6.45) is 0.942. The smallest absolute Gasteiger partial charge is 0.321 e. The highest BCUT2D eigenvalue weighted by molar-refractivity contribution is 5.64. The highest BCUT2D eigenvalue weighted by Crippen LogP contribution is 2.28. The summed E-state index contributed by atoms with van der Waals surface area (Å²) in [4.78, 5) is 12.9. The Morgan fingerprint density at radius 1 is 1.05 bits per heavy atom. The van der Waals surface area contributed by atoms with Gasteiger partial charge < -0.3 is 14.8 Å². The maximum absolute atomic E-state index is 5.75. The molecule has 2 aromatic rings. The SMILES string of the molecule is CCCOc1ccccc1-c1nc(NC)nc(OCC)n1. The Hall–Kier alpha value is -2.37. The van der Waals surface area contributed by atoms with Gasteiger partial charge in [0.15, 0.2) is 5.82 Å². The number of para-hydroxylation sites is 1. The summed E-state index contributed by atoms with van der Waals surface area (Å²) in [5.74, 6) is 1.76. The summed E-state index contributed by atoms with van der Waals surface area (Å²) in [5, 5.41) is 2.92. The molecule has 1 aromatic heterocycles. The molecule has 0 amide bonds. The van der Waals surface area contributed by atoms with Crippen LogP contribution >= 0.6 is 0 Å². The van der Waals surface area contributed by atoms with Crippen LogP contribution in [0.2, 0.25) is 0 Å². The predicted molar refractivity (Wildman–Crippen MR) is 81.8 cm³/mol. The van der Waals surface area contributed by atoms with Gasteiger partial charge in [0.05, 0.1) is 18.8 Å².